The maximum atomic E-state index is 12.9. The number of aromatic nitrogens is 2. The van der Waals surface area contributed by atoms with Crippen LogP contribution in [0.2, 0.25) is 0 Å². The summed E-state index contributed by atoms with van der Waals surface area (Å²) in [5.74, 6) is -1.64. The van der Waals surface area contributed by atoms with Crippen molar-refractivity contribution in [3.8, 4) is 0 Å². The minimum absolute atomic E-state index is 0.482. The molecule has 0 unspecified atom stereocenters. The molecule has 0 atom stereocenters. The Morgan fingerprint density at radius 3 is 2.69 bits per heavy atom. The van der Waals surface area contributed by atoms with Crippen LogP contribution in [-0.2, 0) is 13.1 Å². The van der Waals surface area contributed by atoms with Crippen molar-refractivity contribution in [3.05, 3.63) is 53.4 Å². The summed E-state index contributed by atoms with van der Waals surface area (Å²) >= 11 is 0. The van der Waals surface area contributed by atoms with E-state index in [1.807, 2.05) is 6.07 Å². The lowest BCUT2D eigenvalue weighted by Crippen LogP contribution is -2.13. The van der Waals surface area contributed by atoms with Gasteiger partial charge in [0.05, 0.1) is 0 Å². The summed E-state index contributed by atoms with van der Waals surface area (Å²) < 4.78 is 25.5. The summed E-state index contributed by atoms with van der Waals surface area (Å²) in [6.07, 6.45) is 1.66. The highest BCUT2D eigenvalue weighted by atomic mass is 19.2. The fraction of sp³-hybridized carbons (Fsp3) is 0.182. The predicted octanol–water partition coefficient (Wildman–Crippen LogP) is 1.98. The molecule has 3 nitrogen and oxygen atoms in total. The molecule has 5 heteroatoms. The highest BCUT2D eigenvalue weighted by Gasteiger charge is 2.02. The van der Waals surface area contributed by atoms with Gasteiger partial charge in [-0.15, -0.1) is 0 Å². The third kappa shape index (κ3) is 2.64. The van der Waals surface area contributed by atoms with Crippen LogP contribution in [0.3, 0.4) is 0 Å². The largest absolute Gasteiger partial charge is 0.307 e. The third-order valence-electron chi connectivity index (χ3n) is 2.19. The molecule has 1 aromatic heterocycles. The van der Waals surface area contributed by atoms with E-state index < -0.39 is 11.6 Å². The van der Waals surface area contributed by atoms with E-state index in [4.69, 9.17) is 0 Å². The zero-order valence-corrected chi connectivity index (χ0v) is 8.50. The van der Waals surface area contributed by atoms with E-state index >= 15 is 0 Å². The molecule has 1 aromatic carbocycles. The molecule has 2 N–H and O–H groups in total. The molecule has 0 aliphatic carbocycles. The van der Waals surface area contributed by atoms with Crippen LogP contribution in [0.25, 0.3) is 0 Å². The zero-order chi connectivity index (χ0) is 11.4. The fourth-order valence-corrected chi connectivity index (χ4v) is 1.37. The van der Waals surface area contributed by atoms with Crippen LogP contribution in [0.1, 0.15) is 11.3 Å². The summed E-state index contributed by atoms with van der Waals surface area (Å²) in [6, 6.07) is 5.72. The number of halogens is 2. The topological polar surface area (TPSA) is 40.7 Å². The van der Waals surface area contributed by atoms with Gasteiger partial charge in [-0.05, 0) is 23.8 Å². The molecule has 0 saturated heterocycles. The Morgan fingerprint density at radius 2 is 2.00 bits per heavy atom. The standard InChI is InChI=1S/C11H11F2N3/c12-10-2-1-8(5-11(10)13)6-14-7-9-3-4-15-16-9/h1-5,14H,6-7H2,(H,15,16). The van der Waals surface area contributed by atoms with Crippen LogP contribution in [0.15, 0.2) is 30.5 Å². The van der Waals surface area contributed by atoms with Crippen LogP contribution >= 0.6 is 0 Å². The van der Waals surface area contributed by atoms with E-state index in [-0.39, 0.29) is 0 Å². The number of nitrogens with one attached hydrogen (secondary N) is 2. The van der Waals surface area contributed by atoms with Crippen molar-refractivity contribution < 1.29 is 8.78 Å². The van der Waals surface area contributed by atoms with E-state index in [1.165, 1.54) is 6.07 Å². The molecule has 0 amide bonds. The average Bonchev–Trinajstić information content (AvgIpc) is 2.76. The Bertz CT molecular complexity index is 454. The van der Waals surface area contributed by atoms with E-state index in [1.54, 1.807) is 12.3 Å². The van der Waals surface area contributed by atoms with Gasteiger partial charge in [-0.1, -0.05) is 6.07 Å². The SMILES string of the molecule is Fc1ccc(CNCc2ccn[nH]2)cc1F. The van der Waals surface area contributed by atoms with Gasteiger partial charge in [0.1, 0.15) is 0 Å². The van der Waals surface area contributed by atoms with Crippen molar-refractivity contribution in [3.63, 3.8) is 0 Å². The Balaban J connectivity index is 1.87. The predicted molar refractivity (Wildman–Crippen MR) is 55.5 cm³/mol. The van der Waals surface area contributed by atoms with Gasteiger partial charge >= 0.3 is 0 Å². The molecule has 84 valence electrons. The van der Waals surface area contributed by atoms with Gasteiger partial charge in [-0.3, -0.25) is 5.10 Å². The van der Waals surface area contributed by atoms with Crippen molar-refractivity contribution in [2.24, 2.45) is 0 Å². The highest BCUT2D eigenvalue weighted by Crippen LogP contribution is 2.08. The zero-order valence-electron chi connectivity index (χ0n) is 8.50. The Labute approximate surface area is 91.5 Å². The number of benzene rings is 1. The van der Waals surface area contributed by atoms with Crippen LogP contribution in [-0.4, -0.2) is 10.2 Å². The lowest BCUT2D eigenvalue weighted by atomic mass is 10.2. The summed E-state index contributed by atoms with van der Waals surface area (Å²) in [4.78, 5) is 0. The number of aromatic amines is 1. The first-order valence-electron chi connectivity index (χ1n) is 4.88. The van der Waals surface area contributed by atoms with E-state index in [0.29, 0.717) is 18.7 Å². The number of H-pyrrole nitrogens is 1. The van der Waals surface area contributed by atoms with Gasteiger partial charge in [0, 0.05) is 25.0 Å². The maximum Gasteiger partial charge on any atom is 0.159 e. The fourth-order valence-electron chi connectivity index (χ4n) is 1.37. The van der Waals surface area contributed by atoms with Crippen molar-refractivity contribution in [1.29, 1.82) is 0 Å². The van der Waals surface area contributed by atoms with Crippen LogP contribution < -0.4 is 5.32 Å². The number of nitrogens with zero attached hydrogens (tertiary/aromatic N) is 1. The Morgan fingerprint density at radius 1 is 1.12 bits per heavy atom. The molecule has 0 fully saturated rings. The molecule has 1 heterocycles. The first-order valence-corrected chi connectivity index (χ1v) is 4.88. The molecule has 16 heavy (non-hydrogen) atoms. The minimum Gasteiger partial charge on any atom is -0.307 e. The van der Waals surface area contributed by atoms with Crippen molar-refractivity contribution in [1.82, 2.24) is 15.5 Å². The van der Waals surface area contributed by atoms with E-state index in [9.17, 15) is 8.78 Å². The van der Waals surface area contributed by atoms with Gasteiger partial charge in [0.25, 0.3) is 0 Å². The van der Waals surface area contributed by atoms with Crippen molar-refractivity contribution in [2.75, 3.05) is 0 Å². The number of rotatable bonds is 4. The number of hydrogen-bond donors (Lipinski definition) is 2. The van der Waals surface area contributed by atoms with Crippen LogP contribution in [0, 0.1) is 11.6 Å². The average molecular weight is 223 g/mol. The van der Waals surface area contributed by atoms with Gasteiger partial charge in [-0.25, -0.2) is 8.78 Å². The second-order valence-electron chi connectivity index (χ2n) is 3.43. The molecule has 0 radical (unpaired) electrons. The normalized spacial score (nSPS) is 10.6. The lowest BCUT2D eigenvalue weighted by Gasteiger charge is -2.03. The van der Waals surface area contributed by atoms with Crippen LogP contribution in [0.4, 0.5) is 8.78 Å². The van der Waals surface area contributed by atoms with Gasteiger partial charge in [-0.2, -0.15) is 5.10 Å². The first kappa shape index (κ1) is 10.8. The number of hydrogen-bond acceptors (Lipinski definition) is 2. The molecular formula is C11H11F2N3. The summed E-state index contributed by atoms with van der Waals surface area (Å²) in [6.45, 7) is 1.09. The molecule has 2 aromatic rings. The van der Waals surface area contributed by atoms with Gasteiger partial charge in [0.2, 0.25) is 0 Å². The Hall–Kier alpha value is -1.75. The first-order chi connectivity index (χ1) is 7.75. The minimum atomic E-state index is -0.822. The lowest BCUT2D eigenvalue weighted by molar-refractivity contribution is 0.506. The quantitative estimate of drug-likeness (QED) is 0.832. The molecule has 0 spiro atoms. The van der Waals surface area contributed by atoms with Crippen molar-refractivity contribution in [2.45, 2.75) is 13.1 Å². The molecule has 0 bridgehead atoms. The smallest absolute Gasteiger partial charge is 0.159 e. The monoisotopic (exact) mass is 223 g/mol. The maximum absolute atomic E-state index is 12.9. The second-order valence-corrected chi connectivity index (χ2v) is 3.43. The summed E-state index contributed by atoms with van der Waals surface area (Å²) in [5.41, 5.74) is 1.65. The third-order valence-corrected chi connectivity index (χ3v) is 2.19. The van der Waals surface area contributed by atoms with E-state index in [2.05, 4.69) is 15.5 Å². The van der Waals surface area contributed by atoms with Gasteiger partial charge in [0.15, 0.2) is 11.6 Å². The molecular weight excluding hydrogens is 212 g/mol. The van der Waals surface area contributed by atoms with Crippen molar-refractivity contribution >= 4 is 0 Å². The van der Waals surface area contributed by atoms with E-state index in [0.717, 1.165) is 11.8 Å². The molecule has 0 saturated carbocycles. The molecule has 2 rings (SSSR count). The summed E-state index contributed by atoms with van der Waals surface area (Å²) in [5, 5.41) is 9.69. The molecule has 0 aliphatic heterocycles. The second kappa shape index (κ2) is 4.85. The summed E-state index contributed by atoms with van der Waals surface area (Å²) in [7, 11) is 0. The Kier molecular flexibility index (Phi) is 3.26. The van der Waals surface area contributed by atoms with Crippen LogP contribution in [0.5, 0.6) is 0 Å². The highest BCUT2D eigenvalue weighted by molar-refractivity contribution is 5.17. The van der Waals surface area contributed by atoms with Gasteiger partial charge < -0.3 is 5.32 Å². The molecule has 0 aliphatic rings.